The Morgan fingerprint density at radius 3 is 2.75 bits per heavy atom. The number of hydrogen-bond acceptors (Lipinski definition) is 5. The quantitative estimate of drug-likeness (QED) is 0.553. The number of fused-ring (bicyclic) bond motifs is 1. The second-order valence-electron chi connectivity index (χ2n) is 6.62. The molecule has 4 rings (SSSR count). The van der Waals surface area contributed by atoms with E-state index in [2.05, 4.69) is 15.1 Å². The van der Waals surface area contributed by atoms with Crippen LogP contribution in [0.2, 0.25) is 0 Å². The highest BCUT2D eigenvalue weighted by atomic mass is 19.1. The molecular formula is C21H17FN6. The molecule has 2 aromatic heterocycles. The molecule has 0 radical (unpaired) electrons. The van der Waals surface area contributed by atoms with Gasteiger partial charge in [0.25, 0.3) is 0 Å². The Balaban J connectivity index is 1.87. The number of nitrogens with zero attached hydrogens (tertiary/aromatic N) is 5. The number of anilines is 1. The van der Waals surface area contributed by atoms with E-state index in [9.17, 15) is 4.39 Å². The third-order valence-electron chi connectivity index (χ3n) is 4.67. The summed E-state index contributed by atoms with van der Waals surface area (Å²) in [7, 11) is 0. The van der Waals surface area contributed by atoms with Crippen molar-refractivity contribution in [1.29, 1.82) is 5.26 Å². The number of benzene rings is 2. The van der Waals surface area contributed by atoms with Crippen LogP contribution in [-0.4, -0.2) is 19.7 Å². The van der Waals surface area contributed by atoms with Crippen molar-refractivity contribution in [1.82, 2.24) is 19.7 Å². The highest BCUT2D eigenvalue weighted by Gasteiger charge is 2.18. The highest BCUT2D eigenvalue weighted by Crippen LogP contribution is 2.29. The zero-order valence-electron chi connectivity index (χ0n) is 15.4. The van der Waals surface area contributed by atoms with Crippen LogP contribution < -0.4 is 5.73 Å². The maximum atomic E-state index is 14.7. The maximum absolute atomic E-state index is 14.7. The van der Waals surface area contributed by atoms with Gasteiger partial charge >= 0.3 is 0 Å². The third kappa shape index (κ3) is 2.95. The lowest BCUT2D eigenvalue weighted by Crippen LogP contribution is -2.06. The topological polar surface area (TPSA) is 93.4 Å². The first-order chi connectivity index (χ1) is 13.5. The van der Waals surface area contributed by atoms with Gasteiger partial charge in [-0.1, -0.05) is 12.1 Å². The smallest absolute Gasteiger partial charge is 0.162 e. The van der Waals surface area contributed by atoms with Crippen LogP contribution in [0, 0.1) is 31.0 Å². The van der Waals surface area contributed by atoms with Gasteiger partial charge in [-0.3, -0.25) is 0 Å². The first-order valence-electron chi connectivity index (χ1n) is 8.72. The summed E-state index contributed by atoms with van der Waals surface area (Å²) in [5, 5.41) is 14.2. The van der Waals surface area contributed by atoms with Gasteiger partial charge in [-0.2, -0.15) is 10.4 Å². The lowest BCUT2D eigenvalue weighted by molar-refractivity contribution is 0.627. The lowest BCUT2D eigenvalue weighted by Gasteiger charge is -2.09. The van der Waals surface area contributed by atoms with Crippen LogP contribution in [0.3, 0.4) is 0 Å². The van der Waals surface area contributed by atoms with E-state index in [0.717, 1.165) is 11.1 Å². The van der Waals surface area contributed by atoms with E-state index in [1.54, 1.807) is 29.9 Å². The second kappa shape index (κ2) is 6.74. The standard InChI is InChI=1S/C21H17FN6/c1-12-8-16(24)7-6-15(12)11-28-21-18(10-25-28)20(26-13(2)27-21)17-5-3-4-14(9-23)19(17)22/h3-8,10H,11,24H2,1-2H3. The van der Waals surface area contributed by atoms with Crippen molar-refractivity contribution in [3.63, 3.8) is 0 Å². The first kappa shape index (κ1) is 17.6. The molecule has 0 fully saturated rings. The highest BCUT2D eigenvalue weighted by molar-refractivity contribution is 5.90. The second-order valence-corrected chi connectivity index (χ2v) is 6.62. The molecule has 0 aliphatic rings. The molecule has 138 valence electrons. The van der Waals surface area contributed by atoms with Crippen LogP contribution in [0.5, 0.6) is 0 Å². The van der Waals surface area contributed by atoms with Gasteiger partial charge in [0.1, 0.15) is 17.7 Å². The molecule has 2 heterocycles. The molecule has 0 saturated carbocycles. The van der Waals surface area contributed by atoms with Crippen LogP contribution >= 0.6 is 0 Å². The molecule has 0 atom stereocenters. The van der Waals surface area contributed by atoms with Crippen molar-refractivity contribution in [2.24, 2.45) is 0 Å². The van der Waals surface area contributed by atoms with Gasteiger partial charge in [-0.15, -0.1) is 0 Å². The van der Waals surface area contributed by atoms with Gasteiger partial charge in [0.05, 0.1) is 29.4 Å². The molecule has 0 unspecified atom stereocenters. The summed E-state index contributed by atoms with van der Waals surface area (Å²) >= 11 is 0. The third-order valence-corrected chi connectivity index (χ3v) is 4.67. The minimum atomic E-state index is -0.591. The molecule has 6 nitrogen and oxygen atoms in total. The number of nitrogen functional groups attached to an aromatic ring is 1. The van der Waals surface area contributed by atoms with Gasteiger partial charge in [0.15, 0.2) is 5.65 Å². The molecule has 0 amide bonds. The fourth-order valence-corrected chi connectivity index (χ4v) is 3.24. The number of halogens is 1. The molecule has 0 aliphatic heterocycles. The largest absolute Gasteiger partial charge is 0.399 e. The number of aromatic nitrogens is 4. The van der Waals surface area contributed by atoms with E-state index in [-0.39, 0.29) is 11.1 Å². The minimum absolute atomic E-state index is 0.0215. The SMILES string of the molecule is Cc1nc(-c2cccc(C#N)c2F)c2cnn(Cc3ccc(N)cc3C)c2n1. The normalized spacial score (nSPS) is 10.9. The van der Waals surface area contributed by atoms with Crippen molar-refractivity contribution in [2.45, 2.75) is 20.4 Å². The maximum Gasteiger partial charge on any atom is 0.162 e. The summed E-state index contributed by atoms with van der Waals surface area (Å²) in [6.07, 6.45) is 1.63. The average Bonchev–Trinajstić information content (AvgIpc) is 3.06. The van der Waals surface area contributed by atoms with E-state index in [0.29, 0.717) is 34.8 Å². The summed E-state index contributed by atoms with van der Waals surface area (Å²) in [5.74, 6) is -0.0911. The van der Waals surface area contributed by atoms with Crippen molar-refractivity contribution in [3.05, 3.63) is 70.9 Å². The summed E-state index contributed by atoms with van der Waals surface area (Å²) < 4.78 is 16.5. The fourth-order valence-electron chi connectivity index (χ4n) is 3.24. The Morgan fingerprint density at radius 1 is 1.18 bits per heavy atom. The molecular weight excluding hydrogens is 355 g/mol. The average molecular weight is 372 g/mol. The van der Waals surface area contributed by atoms with Gasteiger partial charge in [-0.25, -0.2) is 19.0 Å². The Kier molecular flexibility index (Phi) is 4.24. The van der Waals surface area contributed by atoms with Gasteiger partial charge < -0.3 is 5.73 Å². The predicted octanol–water partition coefficient (Wildman–Crippen LogP) is 3.75. The van der Waals surface area contributed by atoms with E-state index in [4.69, 9.17) is 11.0 Å². The van der Waals surface area contributed by atoms with E-state index in [1.165, 1.54) is 6.07 Å². The number of hydrogen-bond donors (Lipinski definition) is 1. The fraction of sp³-hybridized carbons (Fsp3) is 0.143. The predicted molar refractivity (Wildman–Crippen MR) is 105 cm³/mol. The Bertz CT molecular complexity index is 1250. The van der Waals surface area contributed by atoms with Crippen molar-refractivity contribution < 1.29 is 4.39 Å². The van der Waals surface area contributed by atoms with Gasteiger partial charge in [-0.05, 0) is 49.2 Å². The molecule has 0 saturated heterocycles. The zero-order valence-corrected chi connectivity index (χ0v) is 15.4. The number of nitrogens with two attached hydrogens (primary N) is 1. The zero-order chi connectivity index (χ0) is 19.8. The van der Waals surface area contributed by atoms with Crippen LogP contribution in [0.1, 0.15) is 22.5 Å². The van der Waals surface area contributed by atoms with Crippen LogP contribution in [0.15, 0.2) is 42.6 Å². The van der Waals surface area contributed by atoms with Crippen molar-refractivity contribution in [2.75, 3.05) is 5.73 Å². The lowest BCUT2D eigenvalue weighted by atomic mass is 10.1. The Labute approximate surface area is 161 Å². The summed E-state index contributed by atoms with van der Waals surface area (Å²) in [6, 6.07) is 12.3. The first-order valence-corrected chi connectivity index (χ1v) is 8.72. The molecule has 4 aromatic rings. The monoisotopic (exact) mass is 372 g/mol. The molecule has 0 spiro atoms. The summed E-state index contributed by atoms with van der Waals surface area (Å²) in [5.41, 5.74) is 9.94. The van der Waals surface area contributed by atoms with Gasteiger partial charge in [0, 0.05) is 11.3 Å². The number of nitriles is 1. The molecule has 0 bridgehead atoms. The molecule has 7 heteroatoms. The summed E-state index contributed by atoms with van der Waals surface area (Å²) in [6.45, 7) is 4.25. The van der Waals surface area contributed by atoms with E-state index in [1.807, 2.05) is 31.2 Å². The van der Waals surface area contributed by atoms with E-state index >= 15 is 0 Å². The number of rotatable bonds is 3. The van der Waals surface area contributed by atoms with Crippen LogP contribution in [0.4, 0.5) is 10.1 Å². The van der Waals surface area contributed by atoms with E-state index < -0.39 is 5.82 Å². The van der Waals surface area contributed by atoms with Crippen LogP contribution in [-0.2, 0) is 6.54 Å². The minimum Gasteiger partial charge on any atom is -0.399 e. The van der Waals surface area contributed by atoms with Crippen molar-refractivity contribution >= 4 is 16.7 Å². The van der Waals surface area contributed by atoms with Crippen LogP contribution in [0.25, 0.3) is 22.3 Å². The van der Waals surface area contributed by atoms with Crippen molar-refractivity contribution in [3.8, 4) is 17.3 Å². The van der Waals surface area contributed by atoms with Gasteiger partial charge in [0.2, 0.25) is 0 Å². The molecule has 0 aliphatic carbocycles. The molecule has 2 aromatic carbocycles. The Morgan fingerprint density at radius 2 is 2.00 bits per heavy atom. The number of aryl methyl sites for hydroxylation is 2. The molecule has 2 N–H and O–H groups in total. The molecule has 28 heavy (non-hydrogen) atoms. The Hall–Kier alpha value is -3.79. The summed E-state index contributed by atoms with van der Waals surface area (Å²) in [4.78, 5) is 8.94.